The molecule has 0 bridgehead atoms. The van der Waals surface area contributed by atoms with E-state index in [2.05, 4.69) is 0 Å². The van der Waals surface area contributed by atoms with Gasteiger partial charge >= 0.3 is 6.18 Å². The Morgan fingerprint density at radius 2 is 1.66 bits per heavy atom. The van der Waals surface area contributed by atoms with Crippen molar-refractivity contribution in [1.29, 1.82) is 0 Å². The lowest BCUT2D eigenvalue weighted by Gasteiger charge is -2.34. The summed E-state index contributed by atoms with van der Waals surface area (Å²) in [5, 5.41) is 0.478. The highest BCUT2D eigenvalue weighted by Gasteiger charge is 2.34. The van der Waals surface area contributed by atoms with Crippen molar-refractivity contribution in [3.63, 3.8) is 0 Å². The number of rotatable bonds is 4. The van der Waals surface area contributed by atoms with E-state index in [1.165, 1.54) is 4.90 Å². The zero-order valence-corrected chi connectivity index (χ0v) is 16.8. The first-order valence-corrected chi connectivity index (χ1v) is 10.6. The van der Waals surface area contributed by atoms with Gasteiger partial charge in [0.25, 0.3) is 0 Å². The molecule has 1 heterocycles. The van der Waals surface area contributed by atoms with Crippen LogP contribution in [0, 0.1) is 0 Å². The van der Waals surface area contributed by atoms with Gasteiger partial charge in [0.05, 0.1) is 16.9 Å². The standard InChI is InChI=1S/C19H18ClF3N2O3S/c20-17-7-2-1-4-14(17)12-18(26)24-8-10-25(11-9-24)29(27,28)16-6-3-5-15(13-16)19(21,22)23/h1-7,13H,8-12H2. The molecule has 10 heteroatoms. The third kappa shape index (κ3) is 4.91. The first kappa shape index (κ1) is 21.6. The van der Waals surface area contributed by atoms with E-state index in [1.54, 1.807) is 24.3 Å². The second-order valence-corrected chi connectivity index (χ2v) is 8.92. The molecule has 0 unspecified atom stereocenters. The van der Waals surface area contributed by atoms with Crippen molar-refractivity contribution < 1.29 is 26.4 Å². The highest BCUT2D eigenvalue weighted by molar-refractivity contribution is 7.89. The number of alkyl halides is 3. The zero-order chi connectivity index (χ0) is 21.2. The molecular weight excluding hydrogens is 429 g/mol. The van der Waals surface area contributed by atoms with E-state index in [9.17, 15) is 26.4 Å². The van der Waals surface area contributed by atoms with Gasteiger partial charge in [-0.3, -0.25) is 4.79 Å². The first-order chi connectivity index (χ1) is 13.6. The van der Waals surface area contributed by atoms with Crippen molar-refractivity contribution in [1.82, 2.24) is 9.21 Å². The van der Waals surface area contributed by atoms with Gasteiger partial charge < -0.3 is 4.90 Å². The summed E-state index contributed by atoms with van der Waals surface area (Å²) in [6, 6.07) is 10.6. The van der Waals surface area contributed by atoms with Gasteiger partial charge in [-0.25, -0.2) is 8.42 Å². The fourth-order valence-electron chi connectivity index (χ4n) is 3.08. The monoisotopic (exact) mass is 446 g/mol. The smallest absolute Gasteiger partial charge is 0.340 e. The third-order valence-electron chi connectivity index (χ3n) is 4.69. The lowest BCUT2D eigenvalue weighted by molar-refractivity contribution is -0.137. The van der Waals surface area contributed by atoms with E-state index >= 15 is 0 Å². The average Bonchev–Trinajstić information content (AvgIpc) is 2.69. The third-order valence-corrected chi connectivity index (χ3v) is 6.95. The summed E-state index contributed by atoms with van der Waals surface area (Å²) in [7, 11) is -4.09. The Morgan fingerprint density at radius 1 is 1.00 bits per heavy atom. The first-order valence-electron chi connectivity index (χ1n) is 8.77. The number of amides is 1. The molecule has 0 N–H and O–H groups in total. The summed E-state index contributed by atoms with van der Waals surface area (Å²) >= 11 is 6.06. The predicted octanol–water partition coefficient (Wildman–Crippen LogP) is 3.43. The van der Waals surface area contributed by atoms with Crippen molar-refractivity contribution in [3.8, 4) is 0 Å². The molecule has 2 aromatic rings. The number of halogens is 4. The average molecular weight is 447 g/mol. The van der Waals surface area contributed by atoms with Crippen LogP contribution >= 0.6 is 11.6 Å². The highest BCUT2D eigenvalue weighted by atomic mass is 35.5. The summed E-state index contributed by atoms with van der Waals surface area (Å²) < 4.78 is 65.2. The lowest BCUT2D eigenvalue weighted by Crippen LogP contribution is -2.50. The topological polar surface area (TPSA) is 57.7 Å². The Morgan fingerprint density at radius 3 is 2.28 bits per heavy atom. The fourth-order valence-corrected chi connectivity index (χ4v) is 4.75. The Balaban J connectivity index is 1.67. The molecule has 0 atom stereocenters. The van der Waals surface area contributed by atoms with Crippen molar-refractivity contribution in [3.05, 3.63) is 64.7 Å². The van der Waals surface area contributed by atoms with Crippen LogP contribution in [0.1, 0.15) is 11.1 Å². The molecule has 0 radical (unpaired) electrons. The van der Waals surface area contributed by atoms with Gasteiger partial charge in [0.15, 0.2) is 0 Å². The van der Waals surface area contributed by atoms with E-state index in [1.807, 2.05) is 0 Å². The van der Waals surface area contributed by atoms with Gasteiger partial charge in [-0.2, -0.15) is 17.5 Å². The molecule has 1 fully saturated rings. The van der Waals surface area contributed by atoms with Gasteiger partial charge in [0.2, 0.25) is 15.9 Å². The SMILES string of the molecule is O=C(Cc1ccccc1Cl)N1CCN(S(=O)(=O)c2cccc(C(F)(F)F)c2)CC1. The van der Waals surface area contributed by atoms with E-state index in [0.29, 0.717) is 16.7 Å². The minimum Gasteiger partial charge on any atom is -0.340 e. The number of sulfonamides is 1. The van der Waals surface area contributed by atoms with E-state index in [-0.39, 0.29) is 38.5 Å². The van der Waals surface area contributed by atoms with Crippen LogP contribution < -0.4 is 0 Å². The molecule has 0 aliphatic carbocycles. The summed E-state index contributed by atoms with van der Waals surface area (Å²) in [5.41, 5.74) is -0.342. The molecule has 5 nitrogen and oxygen atoms in total. The molecule has 0 aromatic heterocycles. The molecule has 1 aliphatic rings. The zero-order valence-electron chi connectivity index (χ0n) is 15.2. The van der Waals surface area contributed by atoms with Crippen LogP contribution in [0.4, 0.5) is 13.2 Å². The molecule has 1 saturated heterocycles. The number of hydrogen-bond donors (Lipinski definition) is 0. The molecule has 0 spiro atoms. The van der Waals surface area contributed by atoms with Crippen LogP contribution in [0.15, 0.2) is 53.4 Å². The van der Waals surface area contributed by atoms with Crippen LogP contribution in [0.3, 0.4) is 0 Å². The van der Waals surface area contributed by atoms with Gasteiger partial charge in [0.1, 0.15) is 0 Å². The largest absolute Gasteiger partial charge is 0.416 e. The van der Waals surface area contributed by atoms with E-state index in [0.717, 1.165) is 22.5 Å². The minimum absolute atomic E-state index is 0.00679. The number of hydrogen-bond acceptors (Lipinski definition) is 3. The molecule has 2 aromatic carbocycles. The van der Waals surface area contributed by atoms with Crippen LogP contribution in [0.25, 0.3) is 0 Å². The second kappa shape index (κ2) is 8.33. The maximum Gasteiger partial charge on any atom is 0.416 e. The van der Waals surface area contributed by atoms with Crippen LogP contribution in [-0.2, 0) is 27.4 Å². The maximum atomic E-state index is 12.9. The summed E-state index contributed by atoms with van der Waals surface area (Å²) in [6.45, 7) is 0.322. The maximum absolute atomic E-state index is 12.9. The number of benzene rings is 2. The molecule has 29 heavy (non-hydrogen) atoms. The van der Waals surface area contributed by atoms with Crippen molar-refractivity contribution in [2.45, 2.75) is 17.5 Å². The van der Waals surface area contributed by atoms with Gasteiger partial charge in [-0.1, -0.05) is 35.9 Å². The Labute approximate surface area is 171 Å². The minimum atomic E-state index is -4.63. The van der Waals surface area contributed by atoms with E-state index < -0.39 is 26.7 Å². The van der Waals surface area contributed by atoms with Crippen molar-refractivity contribution in [2.75, 3.05) is 26.2 Å². The van der Waals surface area contributed by atoms with E-state index in [4.69, 9.17) is 11.6 Å². The van der Waals surface area contributed by atoms with Crippen molar-refractivity contribution in [2.24, 2.45) is 0 Å². The fraction of sp³-hybridized carbons (Fsp3) is 0.316. The number of carbonyl (C=O) groups is 1. The normalized spacial score (nSPS) is 16.1. The lowest BCUT2D eigenvalue weighted by atomic mass is 10.1. The summed E-state index contributed by atoms with van der Waals surface area (Å²) in [6.07, 6.45) is -4.53. The van der Waals surface area contributed by atoms with Gasteiger partial charge in [0, 0.05) is 31.2 Å². The Hall–Kier alpha value is -2.10. The van der Waals surface area contributed by atoms with Crippen LogP contribution in [0.5, 0.6) is 0 Å². The van der Waals surface area contributed by atoms with Crippen LogP contribution in [-0.4, -0.2) is 49.7 Å². The number of piperazine rings is 1. The molecule has 3 rings (SSSR count). The molecule has 156 valence electrons. The Bertz CT molecular complexity index is 1000. The Kier molecular flexibility index (Phi) is 6.21. The number of nitrogens with zero attached hydrogens (tertiary/aromatic N) is 2. The summed E-state index contributed by atoms with van der Waals surface area (Å²) in [4.78, 5) is 13.6. The molecule has 0 saturated carbocycles. The molecule has 1 amide bonds. The quantitative estimate of drug-likeness (QED) is 0.723. The van der Waals surface area contributed by atoms with Crippen molar-refractivity contribution >= 4 is 27.5 Å². The van der Waals surface area contributed by atoms with Gasteiger partial charge in [-0.05, 0) is 29.8 Å². The second-order valence-electron chi connectivity index (χ2n) is 6.58. The number of carbonyl (C=O) groups excluding carboxylic acids is 1. The highest BCUT2D eigenvalue weighted by Crippen LogP contribution is 2.31. The molecule has 1 aliphatic heterocycles. The predicted molar refractivity (Wildman–Crippen MR) is 102 cm³/mol. The van der Waals surface area contributed by atoms with Gasteiger partial charge in [-0.15, -0.1) is 0 Å². The summed E-state index contributed by atoms with van der Waals surface area (Å²) in [5.74, 6) is -0.186. The van der Waals surface area contributed by atoms with Crippen LogP contribution in [0.2, 0.25) is 5.02 Å². The molecular formula is C19H18ClF3N2O3S.